The van der Waals surface area contributed by atoms with Gasteiger partial charge in [-0.05, 0) is 24.0 Å². The summed E-state index contributed by atoms with van der Waals surface area (Å²) in [6, 6.07) is 16.5. The number of rotatable bonds is 1. The molecule has 0 unspecified atom stereocenters. The Morgan fingerprint density at radius 3 is 2.58 bits per heavy atom. The third-order valence-electron chi connectivity index (χ3n) is 3.51. The Labute approximate surface area is 113 Å². The number of carbonyl (C=O) groups excluding carboxylic acids is 1. The lowest BCUT2D eigenvalue weighted by Gasteiger charge is -2.30. The molecule has 0 fully saturated rings. The normalized spacial score (nSPS) is 14.1. The van der Waals surface area contributed by atoms with Crippen molar-refractivity contribution in [2.45, 2.75) is 19.8 Å². The van der Waals surface area contributed by atoms with E-state index in [-0.39, 0.29) is 5.91 Å². The highest BCUT2D eigenvalue weighted by molar-refractivity contribution is 5.99. The van der Waals surface area contributed by atoms with Gasteiger partial charge in [-0.1, -0.05) is 48.5 Å². The van der Waals surface area contributed by atoms with Crippen LogP contribution in [0.3, 0.4) is 0 Å². The fraction of sp³-hybridized carbons (Fsp3) is 0.176. The van der Waals surface area contributed by atoms with Gasteiger partial charge in [0.15, 0.2) is 0 Å². The van der Waals surface area contributed by atoms with Crippen LogP contribution >= 0.6 is 0 Å². The molecule has 0 spiro atoms. The van der Waals surface area contributed by atoms with Crippen molar-refractivity contribution in [2.75, 3.05) is 4.90 Å². The van der Waals surface area contributed by atoms with E-state index >= 15 is 0 Å². The maximum Gasteiger partial charge on any atom is 0.224 e. The molecule has 3 rings (SSSR count). The van der Waals surface area contributed by atoms with Gasteiger partial charge >= 0.3 is 0 Å². The molecule has 1 aliphatic rings. The van der Waals surface area contributed by atoms with E-state index in [1.807, 2.05) is 24.7 Å². The maximum atomic E-state index is 11.8. The Kier molecular flexibility index (Phi) is 3.08. The lowest BCUT2D eigenvalue weighted by molar-refractivity contribution is -0.116. The lowest BCUT2D eigenvalue weighted by atomic mass is 9.94. The number of nitrogens with zero attached hydrogens (tertiary/aromatic N) is 1. The van der Waals surface area contributed by atoms with E-state index in [2.05, 4.69) is 30.3 Å². The van der Waals surface area contributed by atoms with Gasteiger partial charge in [-0.15, -0.1) is 0 Å². The molecule has 95 valence electrons. The van der Waals surface area contributed by atoms with Crippen LogP contribution in [0, 0.1) is 6.54 Å². The summed E-state index contributed by atoms with van der Waals surface area (Å²) in [5.74, 6) is 0.0735. The summed E-state index contributed by atoms with van der Waals surface area (Å²) >= 11 is 0. The van der Waals surface area contributed by atoms with Crippen molar-refractivity contribution in [1.29, 1.82) is 0 Å². The Bertz CT molecular complexity index is 604. The topological polar surface area (TPSA) is 20.3 Å². The summed E-state index contributed by atoms with van der Waals surface area (Å²) < 4.78 is 0. The zero-order chi connectivity index (χ0) is 13.2. The molecule has 1 aliphatic heterocycles. The fourth-order valence-electron chi connectivity index (χ4n) is 2.65. The van der Waals surface area contributed by atoms with Crippen molar-refractivity contribution in [1.82, 2.24) is 0 Å². The molecular weight excluding hydrogens is 234 g/mol. The zero-order valence-electron chi connectivity index (χ0n) is 11.0. The van der Waals surface area contributed by atoms with E-state index in [1.54, 1.807) is 11.8 Å². The number of anilines is 1. The molecule has 2 nitrogen and oxygen atoms in total. The summed E-state index contributed by atoms with van der Waals surface area (Å²) in [5, 5.41) is 0. The first-order valence-electron chi connectivity index (χ1n) is 6.58. The van der Waals surface area contributed by atoms with Crippen LogP contribution in [0.25, 0.3) is 11.1 Å². The van der Waals surface area contributed by atoms with Gasteiger partial charge in [0.25, 0.3) is 0 Å². The highest BCUT2D eigenvalue weighted by Crippen LogP contribution is 2.38. The van der Waals surface area contributed by atoms with Crippen molar-refractivity contribution in [3.05, 3.63) is 60.6 Å². The first-order chi connectivity index (χ1) is 9.27. The molecule has 0 bridgehead atoms. The molecule has 1 radical (unpaired) electrons. The van der Waals surface area contributed by atoms with Crippen LogP contribution < -0.4 is 4.90 Å². The second-order valence-electron chi connectivity index (χ2n) is 4.79. The third kappa shape index (κ3) is 2.14. The standard InChI is InChI=1S/C17H16NO/c1-13(19)18-12-6-10-15-9-5-11-16(17(15)18)14-7-3-2-4-8-14/h2-5,7-9,11-12H,6,10H2,1H3. The Morgan fingerprint density at radius 2 is 1.84 bits per heavy atom. The highest BCUT2D eigenvalue weighted by Gasteiger charge is 2.23. The van der Waals surface area contributed by atoms with E-state index in [4.69, 9.17) is 0 Å². The summed E-state index contributed by atoms with van der Waals surface area (Å²) in [6.45, 7) is 3.62. The number of hydrogen-bond donors (Lipinski definition) is 0. The summed E-state index contributed by atoms with van der Waals surface area (Å²) in [4.78, 5) is 13.6. The van der Waals surface area contributed by atoms with Gasteiger partial charge in [-0.3, -0.25) is 4.79 Å². The van der Waals surface area contributed by atoms with E-state index in [0.717, 1.165) is 29.7 Å². The van der Waals surface area contributed by atoms with Gasteiger partial charge in [0.05, 0.1) is 12.2 Å². The van der Waals surface area contributed by atoms with Crippen molar-refractivity contribution >= 4 is 11.6 Å². The number of amides is 1. The second kappa shape index (κ2) is 4.88. The molecular formula is C17H16NO. The molecule has 1 amide bonds. The van der Waals surface area contributed by atoms with Gasteiger partial charge < -0.3 is 4.90 Å². The van der Waals surface area contributed by atoms with Gasteiger partial charge in [0.2, 0.25) is 5.91 Å². The van der Waals surface area contributed by atoms with E-state index in [9.17, 15) is 4.79 Å². The molecule has 1 heterocycles. The molecule has 0 saturated carbocycles. The first kappa shape index (κ1) is 12.0. The van der Waals surface area contributed by atoms with Crippen LogP contribution in [0.1, 0.15) is 18.9 Å². The monoisotopic (exact) mass is 250 g/mol. The quantitative estimate of drug-likeness (QED) is 0.753. The van der Waals surface area contributed by atoms with E-state index < -0.39 is 0 Å². The van der Waals surface area contributed by atoms with Crippen molar-refractivity contribution < 1.29 is 4.79 Å². The number of fused-ring (bicyclic) bond motifs is 1. The molecule has 2 heteroatoms. The lowest BCUT2D eigenvalue weighted by Crippen LogP contribution is -2.30. The number of hydrogen-bond acceptors (Lipinski definition) is 1. The zero-order valence-corrected chi connectivity index (χ0v) is 11.0. The predicted molar refractivity (Wildman–Crippen MR) is 77.7 cm³/mol. The summed E-state index contributed by atoms with van der Waals surface area (Å²) in [7, 11) is 0. The van der Waals surface area contributed by atoms with Crippen LogP contribution in [0.4, 0.5) is 5.69 Å². The maximum absolute atomic E-state index is 11.8. The molecule has 0 aliphatic carbocycles. The minimum Gasteiger partial charge on any atom is -0.307 e. The van der Waals surface area contributed by atoms with E-state index in [0.29, 0.717) is 0 Å². The van der Waals surface area contributed by atoms with Gasteiger partial charge in [0.1, 0.15) is 0 Å². The Hall–Kier alpha value is -2.09. The SMILES string of the molecule is CC(=O)N1[CH]CCc2cccc(-c3ccccc3)c21. The van der Waals surface area contributed by atoms with Crippen LogP contribution in [0.2, 0.25) is 0 Å². The Morgan fingerprint density at radius 1 is 1.05 bits per heavy atom. The second-order valence-corrected chi connectivity index (χ2v) is 4.79. The average molecular weight is 250 g/mol. The number of carbonyl (C=O) groups is 1. The molecule has 0 atom stereocenters. The van der Waals surface area contributed by atoms with Crippen molar-refractivity contribution in [2.24, 2.45) is 0 Å². The van der Waals surface area contributed by atoms with Crippen LogP contribution in [-0.4, -0.2) is 5.91 Å². The van der Waals surface area contributed by atoms with Crippen molar-refractivity contribution in [3.63, 3.8) is 0 Å². The van der Waals surface area contributed by atoms with Crippen LogP contribution in [-0.2, 0) is 11.2 Å². The predicted octanol–water partition coefficient (Wildman–Crippen LogP) is 3.81. The number of aryl methyl sites for hydroxylation is 1. The van der Waals surface area contributed by atoms with Gasteiger partial charge in [-0.25, -0.2) is 0 Å². The van der Waals surface area contributed by atoms with Crippen molar-refractivity contribution in [3.8, 4) is 11.1 Å². The van der Waals surface area contributed by atoms with E-state index in [1.165, 1.54) is 5.56 Å². The third-order valence-corrected chi connectivity index (χ3v) is 3.51. The average Bonchev–Trinajstić information content (AvgIpc) is 2.46. The molecule has 19 heavy (non-hydrogen) atoms. The largest absolute Gasteiger partial charge is 0.307 e. The molecule has 0 saturated heterocycles. The first-order valence-corrected chi connectivity index (χ1v) is 6.58. The minimum atomic E-state index is 0.0735. The highest BCUT2D eigenvalue weighted by atomic mass is 16.2. The minimum absolute atomic E-state index is 0.0735. The van der Waals surface area contributed by atoms with Gasteiger partial charge in [0, 0.05) is 12.5 Å². The summed E-state index contributed by atoms with van der Waals surface area (Å²) in [5.41, 5.74) is 4.58. The van der Waals surface area contributed by atoms with Crippen LogP contribution in [0.15, 0.2) is 48.5 Å². The van der Waals surface area contributed by atoms with Gasteiger partial charge in [-0.2, -0.15) is 0 Å². The Balaban J connectivity index is 2.19. The molecule has 2 aromatic carbocycles. The number of para-hydroxylation sites is 1. The smallest absolute Gasteiger partial charge is 0.224 e. The molecule has 2 aromatic rings. The number of benzene rings is 2. The molecule has 0 aromatic heterocycles. The van der Waals surface area contributed by atoms with Crippen LogP contribution in [0.5, 0.6) is 0 Å². The fourth-order valence-corrected chi connectivity index (χ4v) is 2.65. The summed E-state index contributed by atoms with van der Waals surface area (Å²) in [6.07, 6.45) is 1.92. The molecule has 0 N–H and O–H groups in total.